The highest BCUT2D eigenvalue weighted by Gasteiger charge is 2.30. The van der Waals surface area contributed by atoms with Gasteiger partial charge in [-0.1, -0.05) is 30.3 Å². The van der Waals surface area contributed by atoms with Gasteiger partial charge in [-0.3, -0.25) is 14.4 Å². The van der Waals surface area contributed by atoms with E-state index >= 15 is 0 Å². The molecule has 2 rings (SSSR count). The third-order valence-corrected chi connectivity index (χ3v) is 4.15. The summed E-state index contributed by atoms with van der Waals surface area (Å²) in [5.41, 5.74) is 1.02. The van der Waals surface area contributed by atoms with Gasteiger partial charge in [0.25, 0.3) is 0 Å². The number of likely N-dealkylation sites (tertiary alicyclic amines) is 1. The Morgan fingerprint density at radius 3 is 2.52 bits per heavy atom. The molecule has 1 heterocycles. The lowest BCUT2D eigenvalue weighted by Gasteiger charge is -2.23. The van der Waals surface area contributed by atoms with E-state index in [-0.39, 0.29) is 24.8 Å². The summed E-state index contributed by atoms with van der Waals surface area (Å²) in [7, 11) is 0. The summed E-state index contributed by atoms with van der Waals surface area (Å²) in [6, 6.07) is 9.62. The third-order valence-electron chi connectivity index (χ3n) is 4.15. The first-order valence-corrected chi connectivity index (χ1v) is 7.77. The summed E-state index contributed by atoms with van der Waals surface area (Å²) in [6.45, 7) is 3.06. The normalized spacial score (nSPS) is 17.1. The Kier molecular flexibility index (Phi) is 5.73. The fourth-order valence-electron chi connectivity index (χ4n) is 2.73. The number of aliphatic carboxylic acids is 1. The monoisotopic (exact) mass is 318 g/mol. The third kappa shape index (κ3) is 4.81. The second kappa shape index (κ2) is 7.76. The average molecular weight is 318 g/mol. The van der Waals surface area contributed by atoms with Crippen molar-refractivity contribution in [1.29, 1.82) is 0 Å². The standard InChI is InChI=1S/C17H22N2O4/c1-13(20)18(11-14-5-3-2-4-6-14)10-8-16(21)19-9-7-15(12-19)17(22)23/h2-6,15H,7-12H2,1H3,(H,22,23)/t15-/m1/s1. The maximum atomic E-state index is 12.2. The molecule has 0 unspecified atom stereocenters. The van der Waals surface area contributed by atoms with Crippen LogP contribution >= 0.6 is 0 Å². The summed E-state index contributed by atoms with van der Waals surface area (Å²) < 4.78 is 0. The van der Waals surface area contributed by atoms with E-state index in [4.69, 9.17) is 5.11 Å². The molecule has 0 bridgehead atoms. The molecule has 1 saturated heterocycles. The van der Waals surface area contributed by atoms with E-state index in [1.54, 1.807) is 9.80 Å². The van der Waals surface area contributed by atoms with Gasteiger partial charge in [-0.2, -0.15) is 0 Å². The van der Waals surface area contributed by atoms with Crippen LogP contribution in [0.3, 0.4) is 0 Å². The predicted molar refractivity (Wildman–Crippen MR) is 84.5 cm³/mol. The van der Waals surface area contributed by atoms with Gasteiger partial charge in [0.15, 0.2) is 0 Å². The van der Waals surface area contributed by atoms with E-state index in [2.05, 4.69) is 0 Å². The smallest absolute Gasteiger partial charge is 0.308 e. The maximum Gasteiger partial charge on any atom is 0.308 e. The van der Waals surface area contributed by atoms with Gasteiger partial charge in [0.1, 0.15) is 0 Å². The lowest BCUT2D eigenvalue weighted by atomic mass is 10.1. The highest BCUT2D eigenvalue weighted by Crippen LogP contribution is 2.17. The number of carbonyl (C=O) groups excluding carboxylic acids is 2. The zero-order chi connectivity index (χ0) is 16.8. The number of carbonyl (C=O) groups is 3. The van der Waals surface area contributed by atoms with Crippen LogP contribution in [-0.2, 0) is 20.9 Å². The van der Waals surface area contributed by atoms with Crippen LogP contribution in [0.15, 0.2) is 30.3 Å². The molecule has 1 aromatic rings. The molecule has 23 heavy (non-hydrogen) atoms. The SMILES string of the molecule is CC(=O)N(CCC(=O)N1CC[C@@H](C(=O)O)C1)Cc1ccccc1. The van der Waals surface area contributed by atoms with E-state index in [1.807, 2.05) is 30.3 Å². The first-order valence-electron chi connectivity index (χ1n) is 7.77. The summed E-state index contributed by atoms with van der Waals surface area (Å²) in [5.74, 6) is -1.48. The van der Waals surface area contributed by atoms with Crippen molar-refractivity contribution in [2.75, 3.05) is 19.6 Å². The number of rotatable bonds is 6. The Morgan fingerprint density at radius 1 is 1.26 bits per heavy atom. The molecule has 1 atom stereocenters. The van der Waals surface area contributed by atoms with Gasteiger partial charge in [-0.15, -0.1) is 0 Å². The molecular weight excluding hydrogens is 296 g/mol. The van der Waals surface area contributed by atoms with Crippen molar-refractivity contribution in [3.05, 3.63) is 35.9 Å². The Labute approximate surface area is 135 Å². The molecule has 1 aliphatic rings. The van der Waals surface area contributed by atoms with Crippen molar-refractivity contribution in [3.8, 4) is 0 Å². The minimum absolute atomic E-state index is 0.0773. The Balaban J connectivity index is 1.85. The number of nitrogens with zero attached hydrogens (tertiary/aromatic N) is 2. The zero-order valence-electron chi connectivity index (χ0n) is 13.3. The molecule has 0 saturated carbocycles. The van der Waals surface area contributed by atoms with Crippen molar-refractivity contribution in [3.63, 3.8) is 0 Å². The van der Waals surface area contributed by atoms with Crippen LogP contribution in [0, 0.1) is 5.92 Å². The Hall–Kier alpha value is -2.37. The minimum atomic E-state index is -0.852. The summed E-state index contributed by atoms with van der Waals surface area (Å²) in [6.07, 6.45) is 0.722. The number of benzene rings is 1. The van der Waals surface area contributed by atoms with Crippen LogP contribution < -0.4 is 0 Å². The van der Waals surface area contributed by atoms with Crippen LogP contribution in [-0.4, -0.2) is 52.3 Å². The van der Waals surface area contributed by atoms with E-state index in [0.717, 1.165) is 5.56 Å². The molecule has 6 nitrogen and oxygen atoms in total. The molecule has 0 radical (unpaired) electrons. The molecule has 1 fully saturated rings. The second-order valence-electron chi connectivity index (χ2n) is 5.84. The molecule has 2 amide bonds. The lowest BCUT2D eigenvalue weighted by Crippen LogP contribution is -2.35. The van der Waals surface area contributed by atoms with Gasteiger partial charge >= 0.3 is 5.97 Å². The van der Waals surface area contributed by atoms with E-state index in [9.17, 15) is 14.4 Å². The van der Waals surface area contributed by atoms with Gasteiger partial charge < -0.3 is 14.9 Å². The summed E-state index contributed by atoms with van der Waals surface area (Å²) in [4.78, 5) is 38.1. The quantitative estimate of drug-likeness (QED) is 0.859. The largest absolute Gasteiger partial charge is 0.481 e. The lowest BCUT2D eigenvalue weighted by molar-refractivity contribution is -0.141. The van der Waals surface area contributed by atoms with Gasteiger partial charge in [-0.05, 0) is 12.0 Å². The van der Waals surface area contributed by atoms with Gasteiger partial charge in [0.2, 0.25) is 11.8 Å². The highest BCUT2D eigenvalue weighted by molar-refractivity contribution is 5.80. The van der Waals surface area contributed by atoms with E-state index in [1.165, 1.54) is 6.92 Å². The molecule has 0 spiro atoms. The summed E-state index contributed by atoms with van der Waals surface area (Å²) in [5, 5.41) is 8.98. The zero-order valence-corrected chi connectivity index (χ0v) is 13.3. The van der Waals surface area contributed by atoms with Gasteiger partial charge in [-0.25, -0.2) is 0 Å². The number of hydrogen-bond acceptors (Lipinski definition) is 3. The van der Waals surface area contributed by atoms with Crippen LogP contribution in [0.1, 0.15) is 25.3 Å². The molecule has 1 aromatic carbocycles. The van der Waals surface area contributed by atoms with Crippen LogP contribution in [0.2, 0.25) is 0 Å². The molecule has 1 N–H and O–H groups in total. The molecule has 0 aliphatic carbocycles. The maximum absolute atomic E-state index is 12.2. The first-order chi connectivity index (χ1) is 11.0. The van der Waals surface area contributed by atoms with Gasteiger partial charge in [0, 0.05) is 39.5 Å². The van der Waals surface area contributed by atoms with Crippen LogP contribution in [0.5, 0.6) is 0 Å². The van der Waals surface area contributed by atoms with Crippen molar-refractivity contribution < 1.29 is 19.5 Å². The van der Waals surface area contributed by atoms with Gasteiger partial charge in [0.05, 0.1) is 5.92 Å². The molecule has 124 valence electrons. The second-order valence-corrected chi connectivity index (χ2v) is 5.84. The van der Waals surface area contributed by atoms with Crippen molar-refractivity contribution in [2.24, 2.45) is 5.92 Å². The Morgan fingerprint density at radius 2 is 1.96 bits per heavy atom. The van der Waals surface area contributed by atoms with Crippen LogP contribution in [0.25, 0.3) is 0 Å². The van der Waals surface area contributed by atoms with Crippen LogP contribution in [0.4, 0.5) is 0 Å². The molecular formula is C17H22N2O4. The molecule has 1 aliphatic heterocycles. The summed E-state index contributed by atoms with van der Waals surface area (Å²) >= 11 is 0. The van der Waals surface area contributed by atoms with E-state index < -0.39 is 11.9 Å². The number of amides is 2. The van der Waals surface area contributed by atoms with E-state index in [0.29, 0.717) is 26.1 Å². The van der Waals surface area contributed by atoms with Crippen molar-refractivity contribution in [2.45, 2.75) is 26.3 Å². The molecule has 0 aromatic heterocycles. The fourth-order valence-corrected chi connectivity index (χ4v) is 2.73. The Bertz CT molecular complexity index is 573. The fraction of sp³-hybridized carbons (Fsp3) is 0.471. The number of carboxylic acid groups (broad SMARTS) is 1. The topological polar surface area (TPSA) is 77.9 Å². The average Bonchev–Trinajstić information content (AvgIpc) is 3.02. The van der Waals surface area contributed by atoms with Crippen molar-refractivity contribution in [1.82, 2.24) is 9.80 Å². The first kappa shape index (κ1) is 17.0. The number of carboxylic acids is 1. The molecule has 6 heteroatoms. The highest BCUT2D eigenvalue weighted by atomic mass is 16.4. The minimum Gasteiger partial charge on any atom is -0.481 e. The number of hydrogen-bond donors (Lipinski definition) is 1. The predicted octanol–water partition coefficient (Wildman–Crippen LogP) is 1.36. The van der Waals surface area contributed by atoms with Crippen molar-refractivity contribution >= 4 is 17.8 Å².